The highest BCUT2D eigenvalue weighted by molar-refractivity contribution is 5.76. The van der Waals surface area contributed by atoms with Crippen LogP contribution in [0, 0.1) is 23.7 Å². The molecule has 3 aliphatic rings. The lowest BCUT2D eigenvalue weighted by Crippen LogP contribution is -2.51. The van der Waals surface area contributed by atoms with Crippen molar-refractivity contribution in [3.05, 3.63) is 11.1 Å². The maximum Gasteiger partial charge on any atom is 0.309 e. The largest absolute Gasteiger partial charge is 0.462 e. The van der Waals surface area contributed by atoms with Gasteiger partial charge < -0.3 is 24.1 Å². The molecule has 2 aliphatic carbocycles. The van der Waals surface area contributed by atoms with Crippen LogP contribution >= 0.6 is 0 Å². The fourth-order valence-corrected chi connectivity index (χ4v) is 5.52. The number of ether oxygens (including phenoxy) is 4. The molecule has 1 aliphatic heterocycles. The minimum Gasteiger partial charge on any atom is -0.462 e. The van der Waals surface area contributed by atoms with Gasteiger partial charge in [-0.25, -0.2) is 0 Å². The van der Waals surface area contributed by atoms with E-state index in [2.05, 4.69) is 0 Å². The molecular weight excluding hydrogens is 432 g/mol. The molecule has 0 aromatic carbocycles. The maximum absolute atomic E-state index is 12.8. The SMILES string of the molecule is CCC(C)C(=O)O[C@H]1C2=C(C)C[C@@H](OC(C)=O)[C@@H]3[C@H](OC(=O)[C@@H]3C)C2[C@](C)(O)[C@H]1OC(C)=O. The van der Waals surface area contributed by atoms with Gasteiger partial charge in [0.25, 0.3) is 0 Å². The summed E-state index contributed by atoms with van der Waals surface area (Å²) in [4.78, 5) is 49.1. The zero-order valence-corrected chi connectivity index (χ0v) is 20.2. The van der Waals surface area contributed by atoms with Gasteiger partial charge in [-0.05, 0) is 25.8 Å². The zero-order chi connectivity index (χ0) is 24.8. The zero-order valence-electron chi connectivity index (χ0n) is 20.2. The molecule has 9 nitrogen and oxygen atoms in total. The molecule has 1 heterocycles. The van der Waals surface area contributed by atoms with Crippen LogP contribution in [0.15, 0.2) is 11.1 Å². The van der Waals surface area contributed by atoms with Crippen LogP contribution in [-0.2, 0) is 38.1 Å². The van der Waals surface area contributed by atoms with E-state index in [0.717, 1.165) is 5.57 Å². The van der Waals surface area contributed by atoms with Crippen LogP contribution in [0.2, 0.25) is 0 Å². The second-order valence-electron chi connectivity index (χ2n) is 9.76. The quantitative estimate of drug-likeness (QED) is 0.368. The standard InChI is InChI=1S/C24H34O9/c1-8-10(2)22(27)33-20-16-11(3)9-15(30-13(5)25)17-12(4)23(28)32-19(17)18(16)24(7,29)21(20)31-14(6)26/h10,12,15,17-21,29H,8-9H2,1-7H3/t10?,12-,15-,17-,18?,19+,20+,21+,24+/m1/s1. The van der Waals surface area contributed by atoms with Crippen molar-refractivity contribution in [2.45, 2.75) is 91.3 Å². The summed E-state index contributed by atoms with van der Waals surface area (Å²) in [5.41, 5.74) is -0.420. The molecule has 9 heteroatoms. The molecule has 1 N–H and O–H groups in total. The van der Waals surface area contributed by atoms with Crippen molar-refractivity contribution in [2.24, 2.45) is 23.7 Å². The van der Waals surface area contributed by atoms with Crippen LogP contribution in [0.5, 0.6) is 0 Å². The normalized spacial score (nSPS) is 38.5. The lowest BCUT2D eigenvalue weighted by Gasteiger charge is -2.36. The molecule has 1 saturated carbocycles. The van der Waals surface area contributed by atoms with Crippen LogP contribution in [0.1, 0.15) is 61.3 Å². The van der Waals surface area contributed by atoms with Gasteiger partial charge in [-0.15, -0.1) is 0 Å². The first-order valence-electron chi connectivity index (χ1n) is 11.5. The Kier molecular flexibility index (Phi) is 6.94. The molecule has 2 unspecified atom stereocenters. The second kappa shape index (κ2) is 9.08. The molecule has 0 spiro atoms. The average Bonchev–Trinajstić information content (AvgIpc) is 3.05. The topological polar surface area (TPSA) is 125 Å². The molecule has 0 aromatic rings. The number of rotatable bonds is 5. The fourth-order valence-electron chi connectivity index (χ4n) is 5.52. The van der Waals surface area contributed by atoms with Crippen molar-refractivity contribution in [1.29, 1.82) is 0 Å². The van der Waals surface area contributed by atoms with Crippen molar-refractivity contribution in [1.82, 2.24) is 0 Å². The van der Waals surface area contributed by atoms with Crippen LogP contribution in [0.4, 0.5) is 0 Å². The Bertz CT molecular complexity index is 873. The van der Waals surface area contributed by atoms with E-state index in [1.165, 1.54) is 20.8 Å². The van der Waals surface area contributed by atoms with E-state index in [4.69, 9.17) is 18.9 Å². The summed E-state index contributed by atoms with van der Waals surface area (Å²) in [6.07, 6.45) is -2.91. The van der Waals surface area contributed by atoms with Gasteiger partial charge in [0.1, 0.15) is 17.8 Å². The Morgan fingerprint density at radius 1 is 1.18 bits per heavy atom. The summed E-state index contributed by atoms with van der Waals surface area (Å²) in [5.74, 6) is -4.36. The molecule has 0 amide bonds. The Balaban J connectivity index is 2.16. The molecule has 33 heavy (non-hydrogen) atoms. The second-order valence-corrected chi connectivity index (χ2v) is 9.76. The molecular formula is C24H34O9. The molecule has 1 saturated heterocycles. The molecule has 3 rings (SSSR count). The van der Waals surface area contributed by atoms with Crippen LogP contribution < -0.4 is 0 Å². The third-order valence-electron chi connectivity index (χ3n) is 7.33. The van der Waals surface area contributed by atoms with Crippen LogP contribution in [0.25, 0.3) is 0 Å². The van der Waals surface area contributed by atoms with Gasteiger partial charge in [-0.1, -0.05) is 26.3 Å². The van der Waals surface area contributed by atoms with Crippen molar-refractivity contribution < 1.29 is 43.2 Å². The summed E-state index contributed by atoms with van der Waals surface area (Å²) in [7, 11) is 0. The van der Waals surface area contributed by atoms with Gasteiger partial charge in [0.05, 0.1) is 17.8 Å². The van der Waals surface area contributed by atoms with E-state index >= 15 is 0 Å². The summed E-state index contributed by atoms with van der Waals surface area (Å²) < 4.78 is 22.7. The molecule has 2 fully saturated rings. The van der Waals surface area contributed by atoms with Gasteiger partial charge in [0, 0.05) is 26.2 Å². The number of fused-ring (bicyclic) bond motifs is 3. The monoisotopic (exact) mass is 466 g/mol. The highest BCUT2D eigenvalue weighted by Crippen LogP contribution is 2.54. The van der Waals surface area contributed by atoms with E-state index in [1.54, 1.807) is 13.8 Å². The highest BCUT2D eigenvalue weighted by Gasteiger charge is 2.67. The maximum atomic E-state index is 12.8. The number of hydrogen-bond donors (Lipinski definition) is 1. The number of esters is 4. The van der Waals surface area contributed by atoms with Crippen molar-refractivity contribution in [3.8, 4) is 0 Å². The molecule has 0 radical (unpaired) electrons. The first-order valence-corrected chi connectivity index (χ1v) is 11.5. The first-order chi connectivity index (χ1) is 15.3. The highest BCUT2D eigenvalue weighted by atomic mass is 16.6. The molecule has 0 aromatic heterocycles. The van der Waals surface area contributed by atoms with Crippen molar-refractivity contribution >= 4 is 23.9 Å². The van der Waals surface area contributed by atoms with E-state index in [0.29, 0.717) is 12.0 Å². The number of carbonyl (C=O) groups is 4. The van der Waals surface area contributed by atoms with E-state index < -0.39 is 77.6 Å². The minimum atomic E-state index is -1.71. The molecule has 0 bridgehead atoms. The van der Waals surface area contributed by atoms with E-state index in [-0.39, 0.29) is 6.42 Å². The van der Waals surface area contributed by atoms with Gasteiger partial charge in [0.2, 0.25) is 0 Å². The van der Waals surface area contributed by atoms with E-state index in [1.807, 2.05) is 13.8 Å². The summed E-state index contributed by atoms with van der Waals surface area (Å²) in [5, 5.41) is 11.7. The van der Waals surface area contributed by atoms with Gasteiger partial charge >= 0.3 is 23.9 Å². The van der Waals surface area contributed by atoms with Gasteiger partial charge in [-0.2, -0.15) is 0 Å². The number of aliphatic hydroxyl groups is 1. The number of carbonyl (C=O) groups excluding carboxylic acids is 4. The molecule has 184 valence electrons. The summed E-state index contributed by atoms with van der Waals surface area (Å²) in [6, 6.07) is 0. The fraction of sp³-hybridized carbons (Fsp3) is 0.750. The number of hydrogen-bond acceptors (Lipinski definition) is 9. The lowest BCUT2D eigenvalue weighted by molar-refractivity contribution is -0.183. The van der Waals surface area contributed by atoms with Gasteiger partial charge in [-0.3, -0.25) is 19.2 Å². The Morgan fingerprint density at radius 3 is 2.33 bits per heavy atom. The summed E-state index contributed by atoms with van der Waals surface area (Å²) >= 11 is 0. The van der Waals surface area contributed by atoms with Crippen LogP contribution in [0.3, 0.4) is 0 Å². The predicted molar refractivity (Wildman–Crippen MR) is 114 cm³/mol. The third-order valence-corrected chi connectivity index (χ3v) is 7.33. The minimum absolute atomic E-state index is 0.272. The van der Waals surface area contributed by atoms with Crippen LogP contribution in [-0.4, -0.2) is 59.0 Å². The summed E-state index contributed by atoms with van der Waals surface area (Å²) in [6.45, 7) is 11.1. The first kappa shape index (κ1) is 25.2. The Labute approximate surface area is 193 Å². The average molecular weight is 467 g/mol. The van der Waals surface area contributed by atoms with Crippen molar-refractivity contribution in [2.75, 3.05) is 0 Å². The van der Waals surface area contributed by atoms with Crippen molar-refractivity contribution in [3.63, 3.8) is 0 Å². The Morgan fingerprint density at radius 2 is 1.79 bits per heavy atom. The Hall–Kier alpha value is -2.42. The van der Waals surface area contributed by atoms with Gasteiger partial charge in [0.15, 0.2) is 12.2 Å². The molecule has 9 atom stereocenters. The predicted octanol–water partition coefficient (Wildman–Crippen LogP) is 2.09. The lowest BCUT2D eigenvalue weighted by atomic mass is 9.76. The van der Waals surface area contributed by atoms with E-state index in [9.17, 15) is 24.3 Å². The smallest absolute Gasteiger partial charge is 0.309 e. The third kappa shape index (κ3) is 4.39.